The highest BCUT2D eigenvalue weighted by molar-refractivity contribution is 5.98. The molecule has 26 heavy (non-hydrogen) atoms. The Kier molecular flexibility index (Phi) is 4.51. The highest BCUT2D eigenvalue weighted by Crippen LogP contribution is 2.26. The van der Waals surface area contributed by atoms with Gasteiger partial charge in [-0.2, -0.15) is 10.2 Å². The molecule has 1 aromatic rings. The molecule has 3 rings (SSSR count). The van der Waals surface area contributed by atoms with Gasteiger partial charge in [0.15, 0.2) is 0 Å². The maximum atomic E-state index is 12.8. The van der Waals surface area contributed by atoms with E-state index in [0.717, 1.165) is 11.3 Å². The van der Waals surface area contributed by atoms with Crippen LogP contribution in [0.1, 0.15) is 49.4 Å². The molecule has 0 fully saturated rings. The third kappa shape index (κ3) is 3.44. The summed E-state index contributed by atoms with van der Waals surface area (Å²) in [4.78, 5) is 26.8. The Balaban J connectivity index is 1.92. The SMILES string of the molecule is CC(O)C1=NN(C)C(=O)c2c3c(nn2C1)CCN(C(=O)OC(C)(C)C)C3. The molecule has 3 heterocycles. The first kappa shape index (κ1) is 18.4. The number of hydrogen-bond acceptors (Lipinski definition) is 6. The van der Waals surface area contributed by atoms with Crippen LogP contribution >= 0.6 is 0 Å². The third-order valence-corrected chi connectivity index (χ3v) is 4.32. The lowest BCUT2D eigenvalue weighted by Crippen LogP contribution is -2.40. The lowest BCUT2D eigenvalue weighted by molar-refractivity contribution is 0.0222. The van der Waals surface area contributed by atoms with Crippen molar-refractivity contribution in [2.45, 2.75) is 58.9 Å². The Hall–Kier alpha value is -2.42. The van der Waals surface area contributed by atoms with Crippen molar-refractivity contribution >= 4 is 17.7 Å². The molecule has 0 saturated carbocycles. The predicted octanol–water partition coefficient (Wildman–Crippen LogP) is 0.999. The zero-order valence-electron chi connectivity index (χ0n) is 15.8. The van der Waals surface area contributed by atoms with Crippen LogP contribution in [0.3, 0.4) is 0 Å². The Labute approximate surface area is 152 Å². The normalized spacial score (nSPS) is 18.7. The second kappa shape index (κ2) is 6.39. The summed E-state index contributed by atoms with van der Waals surface area (Å²) in [5, 5.41) is 19.8. The van der Waals surface area contributed by atoms with Crippen LogP contribution in [0.15, 0.2) is 5.10 Å². The summed E-state index contributed by atoms with van der Waals surface area (Å²) in [7, 11) is 1.55. The summed E-state index contributed by atoms with van der Waals surface area (Å²) >= 11 is 0. The van der Waals surface area contributed by atoms with Crippen molar-refractivity contribution in [3.8, 4) is 0 Å². The Morgan fingerprint density at radius 1 is 1.31 bits per heavy atom. The Bertz CT molecular complexity index is 775. The van der Waals surface area contributed by atoms with E-state index in [-0.39, 0.29) is 19.0 Å². The molecule has 1 aromatic heterocycles. The van der Waals surface area contributed by atoms with Crippen molar-refractivity contribution < 1.29 is 19.4 Å². The highest BCUT2D eigenvalue weighted by Gasteiger charge is 2.35. The molecule has 0 aromatic carbocycles. The van der Waals surface area contributed by atoms with Gasteiger partial charge in [-0.05, 0) is 27.7 Å². The smallest absolute Gasteiger partial charge is 0.410 e. The minimum atomic E-state index is -0.782. The highest BCUT2D eigenvalue weighted by atomic mass is 16.6. The number of aliphatic hydroxyl groups excluding tert-OH is 1. The molecular formula is C17H25N5O4. The number of nitrogens with zero attached hydrogens (tertiary/aromatic N) is 5. The van der Waals surface area contributed by atoms with Crippen LogP contribution < -0.4 is 0 Å². The van der Waals surface area contributed by atoms with Gasteiger partial charge in [0.2, 0.25) is 0 Å². The van der Waals surface area contributed by atoms with Gasteiger partial charge in [0.1, 0.15) is 11.3 Å². The van der Waals surface area contributed by atoms with E-state index in [4.69, 9.17) is 4.74 Å². The monoisotopic (exact) mass is 363 g/mol. The molecular weight excluding hydrogens is 338 g/mol. The van der Waals surface area contributed by atoms with Crippen molar-refractivity contribution in [1.82, 2.24) is 19.7 Å². The quantitative estimate of drug-likeness (QED) is 0.802. The molecule has 2 aliphatic heterocycles. The second-order valence-electron chi connectivity index (χ2n) is 7.68. The number of carbonyl (C=O) groups excluding carboxylic acids is 2. The van der Waals surface area contributed by atoms with Gasteiger partial charge in [0.25, 0.3) is 5.91 Å². The first-order chi connectivity index (χ1) is 12.1. The van der Waals surface area contributed by atoms with E-state index >= 15 is 0 Å². The maximum absolute atomic E-state index is 12.8. The molecule has 0 radical (unpaired) electrons. The summed E-state index contributed by atoms with van der Waals surface area (Å²) in [6.45, 7) is 8.06. The van der Waals surface area contributed by atoms with Gasteiger partial charge in [-0.25, -0.2) is 9.80 Å². The van der Waals surface area contributed by atoms with E-state index < -0.39 is 17.8 Å². The Morgan fingerprint density at radius 2 is 2.00 bits per heavy atom. The first-order valence-electron chi connectivity index (χ1n) is 8.67. The predicted molar refractivity (Wildman–Crippen MR) is 93.8 cm³/mol. The number of carbonyl (C=O) groups is 2. The number of hydrogen-bond donors (Lipinski definition) is 1. The zero-order valence-corrected chi connectivity index (χ0v) is 15.8. The van der Waals surface area contributed by atoms with Crippen molar-refractivity contribution in [2.24, 2.45) is 5.10 Å². The van der Waals surface area contributed by atoms with Crippen LogP contribution in [0, 0.1) is 0 Å². The number of rotatable bonds is 1. The van der Waals surface area contributed by atoms with Crippen LogP contribution in [-0.4, -0.2) is 67.8 Å². The number of ether oxygens (including phenoxy) is 1. The molecule has 0 aliphatic carbocycles. The van der Waals surface area contributed by atoms with Crippen LogP contribution in [-0.2, 0) is 24.2 Å². The van der Waals surface area contributed by atoms with Gasteiger partial charge in [-0.1, -0.05) is 0 Å². The van der Waals surface area contributed by atoms with Crippen LogP contribution in [0.4, 0.5) is 4.79 Å². The van der Waals surface area contributed by atoms with Gasteiger partial charge in [0, 0.05) is 25.6 Å². The largest absolute Gasteiger partial charge is 0.444 e. The topological polar surface area (TPSA) is 100 Å². The summed E-state index contributed by atoms with van der Waals surface area (Å²) in [5.41, 5.74) is 1.82. The lowest BCUT2D eigenvalue weighted by atomic mass is 10.1. The van der Waals surface area contributed by atoms with E-state index in [0.29, 0.717) is 24.4 Å². The summed E-state index contributed by atoms with van der Waals surface area (Å²) < 4.78 is 7.03. The van der Waals surface area contributed by atoms with E-state index in [1.54, 1.807) is 23.6 Å². The van der Waals surface area contributed by atoms with Crippen molar-refractivity contribution in [1.29, 1.82) is 0 Å². The zero-order chi connectivity index (χ0) is 19.2. The number of aromatic nitrogens is 2. The van der Waals surface area contributed by atoms with Gasteiger partial charge in [0.05, 0.1) is 30.6 Å². The number of fused-ring (bicyclic) bond motifs is 3. The Morgan fingerprint density at radius 3 is 2.62 bits per heavy atom. The standard InChI is InChI=1S/C17H25N5O4/c1-10(23)13-9-22-14(15(24)20(5)18-13)11-8-21(7-6-12(11)19-22)16(25)26-17(2,3)4/h10,23H,6-9H2,1-5H3. The van der Waals surface area contributed by atoms with Crippen molar-refractivity contribution in [2.75, 3.05) is 13.6 Å². The molecule has 9 heteroatoms. The summed E-state index contributed by atoms with van der Waals surface area (Å²) in [5.74, 6) is -0.305. The van der Waals surface area contributed by atoms with Crippen LogP contribution in [0.5, 0.6) is 0 Å². The number of aliphatic hydroxyl groups is 1. The molecule has 0 saturated heterocycles. The average Bonchev–Trinajstić information content (AvgIpc) is 2.82. The maximum Gasteiger partial charge on any atom is 0.410 e. The van der Waals surface area contributed by atoms with Gasteiger partial charge in [-0.3, -0.25) is 9.48 Å². The minimum absolute atomic E-state index is 0.239. The second-order valence-corrected chi connectivity index (χ2v) is 7.68. The lowest BCUT2D eigenvalue weighted by Gasteiger charge is -2.30. The first-order valence-corrected chi connectivity index (χ1v) is 8.67. The fourth-order valence-corrected chi connectivity index (χ4v) is 3.05. The van der Waals surface area contributed by atoms with E-state index in [9.17, 15) is 14.7 Å². The molecule has 1 unspecified atom stereocenters. The minimum Gasteiger partial charge on any atom is -0.444 e. The van der Waals surface area contributed by atoms with Gasteiger partial charge >= 0.3 is 6.09 Å². The molecule has 2 amide bonds. The average molecular weight is 363 g/mol. The molecule has 9 nitrogen and oxygen atoms in total. The number of hydrazone groups is 1. The fraction of sp³-hybridized carbons (Fsp3) is 0.647. The van der Waals surface area contributed by atoms with Gasteiger partial charge in [-0.15, -0.1) is 0 Å². The van der Waals surface area contributed by atoms with Gasteiger partial charge < -0.3 is 14.7 Å². The van der Waals surface area contributed by atoms with Crippen LogP contribution in [0.2, 0.25) is 0 Å². The third-order valence-electron chi connectivity index (χ3n) is 4.32. The van der Waals surface area contributed by atoms with E-state index in [1.807, 2.05) is 20.8 Å². The van der Waals surface area contributed by atoms with E-state index in [1.165, 1.54) is 5.01 Å². The van der Waals surface area contributed by atoms with E-state index in [2.05, 4.69) is 10.2 Å². The van der Waals surface area contributed by atoms with Crippen molar-refractivity contribution in [3.63, 3.8) is 0 Å². The van der Waals surface area contributed by atoms with Crippen LogP contribution in [0.25, 0.3) is 0 Å². The number of amides is 2. The molecule has 1 N–H and O–H groups in total. The molecule has 2 aliphatic rings. The molecule has 142 valence electrons. The molecule has 1 atom stereocenters. The summed E-state index contributed by atoms with van der Waals surface area (Å²) in [6.07, 6.45) is -0.638. The summed E-state index contributed by atoms with van der Waals surface area (Å²) in [6, 6.07) is 0. The molecule has 0 bridgehead atoms. The van der Waals surface area contributed by atoms with Crippen molar-refractivity contribution in [3.05, 3.63) is 17.0 Å². The fourth-order valence-electron chi connectivity index (χ4n) is 3.05. The molecule has 0 spiro atoms.